The molecule has 4 heteroatoms. The normalized spacial score (nSPS) is 16.4. The molecule has 1 unspecified atom stereocenters. The minimum absolute atomic E-state index is 0.160. The average molecular weight is 256 g/mol. The van der Waals surface area contributed by atoms with Gasteiger partial charge in [0, 0.05) is 19.1 Å². The van der Waals surface area contributed by atoms with Gasteiger partial charge in [-0.15, -0.1) is 0 Å². The molecule has 0 aliphatic heterocycles. The molecule has 0 spiro atoms. The molecule has 0 saturated carbocycles. The van der Waals surface area contributed by atoms with Crippen molar-refractivity contribution < 1.29 is 14.3 Å². The maximum atomic E-state index is 12.4. The van der Waals surface area contributed by atoms with E-state index in [1.807, 2.05) is 49.4 Å². The average Bonchev–Trinajstić information content (AvgIpc) is 2.27. The first-order chi connectivity index (χ1) is 7.98. The number of hydrogen-bond acceptors (Lipinski definition) is 3. The Morgan fingerprint density at radius 1 is 1.17 bits per heavy atom. The van der Waals surface area contributed by atoms with Gasteiger partial charge in [-0.2, -0.15) is 0 Å². The molecule has 18 heavy (non-hydrogen) atoms. The fourth-order valence-corrected chi connectivity index (χ4v) is 1.70. The molecule has 0 bridgehead atoms. The van der Waals surface area contributed by atoms with Gasteiger partial charge in [0.25, 0.3) is 0 Å². The predicted octanol–water partition coefficient (Wildman–Crippen LogP) is 2.17. The summed E-state index contributed by atoms with van der Waals surface area (Å²) >= 11 is 0. The highest BCUT2D eigenvalue weighted by Crippen LogP contribution is 2.28. The van der Waals surface area contributed by atoms with Gasteiger partial charge in [0.05, 0.1) is 11.1 Å². The van der Waals surface area contributed by atoms with E-state index >= 15 is 0 Å². The van der Waals surface area contributed by atoms with Crippen LogP contribution in [0.4, 0.5) is 0 Å². The van der Waals surface area contributed by atoms with Gasteiger partial charge in [-0.05, 0) is 33.6 Å². The van der Waals surface area contributed by atoms with Crippen LogP contribution in [0.5, 0.6) is 0 Å². The Labute approximate surface area is 113 Å². The third kappa shape index (κ3) is 5.11. The summed E-state index contributed by atoms with van der Waals surface area (Å²) in [6.07, 6.45) is 1.59. The molecule has 0 aromatic carbocycles. The smallest absolute Gasteiger partial charge is 0.160 e. The van der Waals surface area contributed by atoms with Gasteiger partial charge < -0.3 is 9.47 Å². The van der Waals surface area contributed by atoms with Crippen LogP contribution in [-0.4, -0.2) is 38.4 Å². The molecule has 0 radical (unpaired) electrons. The summed E-state index contributed by atoms with van der Waals surface area (Å²) < 4.78 is 11.1. The van der Waals surface area contributed by atoms with E-state index in [0.717, 1.165) is 12.8 Å². The summed E-state index contributed by atoms with van der Waals surface area (Å²) in [6, 6.07) is 0. The molecule has 3 nitrogen and oxygen atoms in total. The van der Waals surface area contributed by atoms with Gasteiger partial charge in [-0.3, -0.25) is 4.79 Å². The topological polar surface area (TPSA) is 35.5 Å². The SMILES string of the molecule is BC(C)(OCCC(C)(C)OC)C(=O)C(C)(C)CC. The van der Waals surface area contributed by atoms with Gasteiger partial charge in [-0.1, -0.05) is 20.8 Å². The molecule has 0 heterocycles. The second-order valence-electron chi connectivity index (χ2n) is 6.64. The third-order valence-electron chi connectivity index (χ3n) is 3.77. The van der Waals surface area contributed by atoms with Crippen molar-refractivity contribution >= 4 is 13.6 Å². The van der Waals surface area contributed by atoms with E-state index in [9.17, 15) is 4.79 Å². The summed E-state index contributed by atoms with van der Waals surface area (Å²) in [5.74, 6) is 0.160. The van der Waals surface area contributed by atoms with Crippen LogP contribution in [-0.2, 0) is 14.3 Å². The number of Topliss-reactive ketones (excluding diaryl/α,β-unsaturated/α-hetero) is 1. The number of ether oxygens (including phenoxy) is 2. The van der Waals surface area contributed by atoms with E-state index in [1.165, 1.54) is 0 Å². The van der Waals surface area contributed by atoms with Gasteiger partial charge in [0.2, 0.25) is 0 Å². The minimum atomic E-state index is -0.733. The number of carbonyl (C=O) groups is 1. The summed E-state index contributed by atoms with van der Waals surface area (Å²) in [7, 11) is 3.54. The van der Waals surface area contributed by atoms with Gasteiger partial charge >= 0.3 is 0 Å². The molecule has 1 atom stereocenters. The highest BCUT2D eigenvalue weighted by atomic mass is 16.5. The van der Waals surface area contributed by atoms with Crippen molar-refractivity contribution in [3.63, 3.8) is 0 Å². The maximum absolute atomic E-state index is 12.4. The Kier molecular flexibility index (Phi) is 6.08. The molecule has 0 aliphatic rings. The molecule has 0 fully saturated rings. The zero-order valence-corrected chi connectivity index (χ0v) is 13.3. The highest BCUT2D eigenvalue weighted by Gasteiger charge is 2.38. The Bertz CT molecular complexity index is 283. The van der Waals surface area contributed by atoms with E-state index in [1.54, 1.807) is 7.11 Å². The summed E-state index contributed by atoms with van der Waals surface area (Å²) in [6.45, 7) is 12.4. The zero-order valence-electron chi connectivity index (χ0n) is 13.3. The molecule has 0 aromatic heterocycles. The van der Waals surface area contributed by atoms with Crippen LogP contribution in [0.3, 0.4) is 0 Å². The van der Waals surface area contributed by atoms with Gasteiger partial charge in [0.15, 0.2) is 13.6 Å². The first-order valence-electron chi connectivity index (χ1n) is 6.72. The first kappa shape index (κ1) is 17.7. The molecule has 106 valence electrons. The van der Waals surface area contributed by atoms with Crippen molar-refractivity contribution in [3.05, 3.63) is 0 Å². The monoisotopic (exact) mass is 256 g/mol. The fraction of sp³-hybridized carbons (Fsp3) is 0.929. The van der Waals surface area contributed by atoms with E-state index in [2.05, 4.69) is 0 Å². The van der Waals surface area contributed by atoms with Gasteiger partial charge in [-0.25, -0.2) is 0 Å². The van der Waals surface area contributed by atoms with E-state index in [0.29, 0.717) is 6.61 Å². The van der Waals surface area contributed by atoms with Crippen molar-refractivity contribution in [1.29, 1.82) is 0 Å². The van der Waals surface area contributed by atoms with Crippen molar-refractivity contribution in [3.8, 4) is 0 Å². The number of rotatable bonds is 8. The highest BCUT2D eigenvalue weighted by molar-refractivity contribution is 6.28. The molecule has 0 amide bonds. The van der Waals surface area contributed by atoms with Crippen molar-refractivity contribution in [2.24, 2.45) is 5.41 Å². The van der Waals surface area contributed by atoms with E-state index in [4.69, 9.17) is 9.47 Å². The molecule has 0 aliphatic carbocycles. The molecule has 0 N–H and O–H groups in total. The second-order valence-corrected chi connectivity index (χ2v) is 6.64. The Morgan fingerprint density at radius 3 is 2.06 bits per heavy atom. The number of ketones is 1. The quantitative estimate of drug-likeness (QED) is 0.624. The lowest BCUT2D eigenvalue weighted by atomic mass is 9.68. The minimum Gasteiger partial charge on any atom is -0.379 e. The van der Waals surface area contributed by atoms with Crippen LogP contribution < -0.4 is 0 Å². The van der Waals surface area contributed by atoms with Crippen LogP contribution in [0.2, 0.25) is 0 Å². The molecule has 0 saturated heterocycles. The summed E-state index contributed by atoms with van der Waals surface area (Å²) in [5.41, 5.74) is -1.27. The Hall–Kier alpha value is -0.345. The van der Waals surface area contributed by atoms with Crippen molar-refractivity contribution in [1.82, 2.24) is 0 Å². The molecular weight excluding hydrogens is 227 g/mol. The van der Waals surface area contributed by atoms with Crippen LogP contribution in [0.15, 0.2) is 0 Å². The Balaban J connectivity index is 4.45. The lowest BCUT2D eigenvalue weighted by Gasteiger charge is -2.34. The van der Waals surface area contributed by atoms with E-state index < -0.39 is 5.50 Å². The summed E-state index contributed by atoms with van der Waals surface area (Å²) in [4.78, 5) is 12.4. The van der Waals surface area contributed by atoms with Crippen molar-refractivity contribution in [2.45, 2.75) is 65.5 Å². The molecule has 0 rings (SSSR count). The van der Waals surface area contributed by atoms with Crippen LogP contribution in [0.25, 0.3) is 0 Å². The van der Waals surface area contributed by atoms with Gasteiger partial charge in [0.1, 0.15) is 0 Å². The standard InChI is InChI=1S/C14H29BO3/c1-8-12(2,3)11(16)14(6,15)18-10-9-13(4,5)17-7/h8-10,15H2,1-7H3. The van der Waals surface area contributed by atoms with E-state index in [-0.39, 0.29) is 16.8 Å². The Morgan fingerprint density at radius 2 is 1.67 bits per heavy atom. The fourth-order valence-electron chi connectivity index (χ4n) is 1.70. The lowest BCUT2D eigenvalue weighted by Crippen LogP contribution is -2.47. The molecular formula is C14H29BO3. The lowest BCUT2D eigenvalue weighted by molar-refractivity contribution is -0.143. The first-order valence-corrected chi connectivity index (χ1v) is 6.72. The number of hydrogen-bond donors (Lipinski definition) is 0. The predicted molar refractivity (Wildman–Crippen MR) is 77.7 cm³/mol. The zero-order chi connectivity index (χ0) is 14.6. The number of carbonyl (C=O) groups excluding carboxylic acids is 1. The summed E-state index contributed by atoms with van der Waals surface area (Å²) in [5, 5.41) is 0. The van der Waals surface area contributed by atoms with Crippen LogP contribution in [0, 0.1) is 5.41 Å². The van der Waals surface area contributed by atoms with Crippen molar-refractivity contribution in [2.75, 3.05) is 13.7 Å². The van der Waals surface area contributed by atoms with Crippen LogP contribution in [0.1, 0.15) is 54.4 Å². The molecule has 0 aromatic rings. The van der Waals surface area contributed by atoms with Crippen LogP contribution >= 0.6 is 0 Å². The number of methoxy groups -OCH3 is 1. The maximum Gasteiger partial charge on any atom is 0.160 e. The third-order valence-corrected chi connectivity index (χ3v) is 3.77. The largest absolute Gasteiger partial charge is 0.379 e. The second kappa shape index (κ2) is 6.20.